The van der Waals surface area contributed by atoms with Crippen molar-refractivity contribution in [3.63, 3.8) is 0 Å². The number of nitrogens with one attached hydrogen (secondary N) is 4. The second-order valence-corrected chi connectivity index (χ2v) is 23.7. The third kappa shape index (κ3) is 48.4. The molecule has 4 N–H and O–H groups in total. The van der Waals surface area contributed by atoms with E-state index >= 15 is 0 Å². The van der Waals surface area contributed by atoms with E-state index in [-0.39, 0.29) is 31.0 Å². The number of rotatable bonds is 48. The van der Waals surface area contributed by atoms with Crippen LogP contribution in [0.4, 0.5) is 9.59 Å². The van der Waals surface area contributed by atoms with E-state index in [9.17, 15) is 28.8 Å². The summed E-state index contributed by atoms with van der Waals surface area (Å²) in [4.78, 5) is 77.6. The second kappa shape index (κ2) is 47.0. The molecule has 0 bridgehead atoms. The van der Waals surface area contributed by atoms with Crippen LogP contribution < -0.4 is 21.3 Å². The molecule has 0 saturated heterocycles. The fraction of sp³-hybridized carbons (Fsp3) is 0.898. The average Bonchev–Trinajstić information content (AvgIpc) is 3.32. The molecule has 0 fully saturated rings. The van der Waals surface area contributed by atoms with E-state index in [1.165, 1.54) is 186 Å². The molecule has 434 valence electrons. The zero-order valence-electron chi connectivity index (χ0n) is 48.8. The first-order valence-electron chi connectivity index (χ1n) is 29.8. The van der Waals surface area contributed by atoms with Crippen LogP contribution in [0.25, 0.3) is 0 Å². The van der Waals surface area contributed by atoms with Gasteiger partial charge in [0.1, 0.15) is 36.0 Å². The van der Waals surface area contributed by atoms with E-state index in [0.717, 1.165) is 38.5 Å². The minimum atomic E-state index is -1.20. The topological polar surface area (TPSA) is 187 Å². The first-order chi connectivity index (χ1) is 35.4. The fourth-order valence-corrected chi connectivity index (χ4v) is 9.58. The standard InChI is InChI=1S/C59H112N4O10S/c1-10-12-14-16-18-20-22-24-26-28-30-32-34-36-38-40-44-60-56(68)70-46-50(71-57(69)61-45-41-39-37-35-33-31-29-27-25-23-21-19-17-15-13-11-2)47-74-48-52(62-49(3)64)54(66)63-51(55(67)73-59(7,8)9)42-43-53(65)72-58(4,5)6/h50-52H,10-48H2,1-9H3,(H,60,68)(H,61,69)(H,62,64)(H,63,66)/t50-,51+,52+/m1/s1. The van der Waals surface area contributed by atoms with Crippen molar-refractivity contribution in [3.05, 3.63) is 0 Å². The van der Waals surface area contributed by atoms with E-state index < -0.39 is 65.3 Å². The highest BCUT2D eigenvalue weighted by Gasteiger charge is 2.31. The van der Waals surface area contributed by atoms with Gasteiger partial charge in [0.05, 0.1) is 0 Å². The van der Waals surface area contributed by atoms with Crippen LogP contribution in [-0.2, 0) is 38.1 Å². The quantitative estimate of drug-likeness (QED) is 0.0258. The van der Waals surface area contributed by atoms with Crippen LogP contribution in [0.3, 0.4) is 0 Å². The lowest BCUT2D eigenvalue weighted by atomic mass is 10.0. The van der Waals surface area contributed by atoms with Crippen LogP contribution in [0.15, 0.2) is 0 Å². The summed E-state index contributed by atoms with van der Waals surface area (Å²) in [5.74, 6) is -2.23. The van der Waals surface area contributed by atoms with Crippen molar-refractivity contribution in [3.8, 4) is 0 Å². The summed E-state index contributed by atoms with van der Waals surface area (Å²) in [5, 5.41) is 11.0. The summed E-state index contributed by atoms with van der Waals surface area (Å²) in [6, 6.07) is -2.30. The van der Waals surface area contributed by atoms with Gasteiger partial charge in [0, 0.05) is 37.9 Å². The second-order valence-electron chi connectivity index (χ2n) is 22.6. The summed E-state index contributed by atoms with van der Waals surface area (Å²) in [6.45, 7) is 16.8. The normalized spacial score (nSPS) is 12.8. The smallest absolute Gasteiger partial charge is 0.407 e. The van der Waals surface area contributed by atoms with Gasteiger partial charge in [-0.1, -0.05) is 206 Å². The van der Waals surface area contributed by atoms with Crippen molar-refractivity contribution in [2.45, 2.75) is 310 Å². The van der Waals surface area contributed by atoms with E-state index in [2.05, 4.69) is 35.1 Å². The zero-order chi connectivity index (χ0) is 55.1. The van der Waals surface area contributed by atoms with Crippen LogP contribution in [0, 0.1) is 0 Å². The Balaban J connectivity index is 5.15. The molecular weight excluding hydrogens is 957 g/mol. The summed E-state index contributed by atoms with van der Waals surface area (Å²) in [5.41, 5.74) is -1.60. The summed E-state index contributed by atoms with van der Waals surface area (Å²) < 4.78 is 22.2. The minimum Gasteiger partial charge on any atom is -0.460 e. The van der Waals surface area contributed by atoms with Crippen molar-refractivity contribution in [1.29, 1.82) is 0 Å². The third-order valence-electron chi connectivity index (χ3n) is 12.6. The molecule has 0 aromatic heterocycles. The first kappa shape index (κ1) is 70.8. The highest BCUT2D eigenvalue weighted by atomic mass is 32.2. The highest BCUT2D eigenvalue weighted by molar-refractivity contribution is 7.99. The van der Waals surface area contributed by atoms with Gasteiger partial charge in [-0.25, -0.2) is 14.4 Å². The van der Waals surface area contributed by atoms with Crippen LogP contribution in [0.5, 0.6) is 0 Å². The van der Waals surface area contributed by atoms with Gasteiger partial charge < -0.3 is 40.2 Å². The molecule has 4 amide bonds. The Labute approximate surface area is 456 Å². The number of unbranched alkanes of at least 4 members (excludes halogenated alkanes) is 30. The Morgan fingerprint density at radius 1 is 0.459 bits per heavy atom. The SMILES string of the molecule is CCCCCCCCCCCCCCCCCCNC(=O)OC[C@H](CSC[C@H](NC(C)=O)C(=O)N[C@@H](CCC(=O)OC(C)(C)C)C(=O)OC(C)(C)C)OC(=O)NCCCCCCCCCCCCCCCCCC. The molecule has 3 atom stereocenters. The Hall–Kier alpha value is -3.23. The van der Waals surface area contributed by atoms with Gasteiger partial charge in [0.2, 0.25) is 11.8 Å². The van der Waals surface area contributed by atoms with Gasteiger partial charge in [0.25, 0.3) is 0 Å². The number of esters is 2. The van der Waals surface area contributed by atoms with E-state index in [0.29, 0.717) is 13.1 Å². The fourth-order valence-electron chi connectivity index (χ4n) is 8.55. The van der Waals surface area contributed by atoms with Crippen LogP contribution >= 0.6 is 11.8 Å². The molecular formula is C59H112N4O10S. The predicted octanol–water partition coefficient (Wildman–Crippen LogP) is 14.5. The molecule has 0 spiro atoms. The summed E-state index contributed by atoms with van der Waals surface area (Å²) >= 11 is 1.21. The number of ether oxygens (including phenoxy) is 4. The molecule has 0 aliphatic carbocycles. The minimum absolute atomic E-state index is 0.0324. The van der Waals surface area contributed by atoms with Gasteiger partial charge >= 0.3 is 24.1 Å². The molecule has 0 aliphatic rings. The Bertz CT molecular complexity index is 1440. The van der Waals surface area contributed by atoms with Crippen molar-refractivity contribution >= 4 is 47.7 Å². The molecule has 0 saturated carbocycles. The van der Waals surface area contributed by atoms with Gasteiger partial charge in [-0.15, -0.1) is 0 Å². The largest absolute Gasteiger partial charge is 0.460 e. The van der Waals surface area contributed by atoms with Crippen molar-refractivity contribution < 1.29 is 47.7 Å². The van der Waals surface area contributed by atoms with Crippen LogP contribution in [-0.4, -0.2) is 96.5 Å². The molecule has 0 aliphatic heterocycles. The van der Waals surface area contributed by atoms with E-state index in [1.54, 1.807) is 41.5 Å². The maximum Gasteiger partial charge on any atom is 0.407 e. The maximum atomic E-state index is 13.7. The number of alkyl carbamates (subject to hydrolysis) is 2. The number of carbonyl (C=O) groups excluding carboxylic acids is 6. The summed E-state index contributed by atoms with van der Waals surface area (Å²) in [6.07, 6.45) is 38.1. The number of hydrogen-bond donors (Lipinski definition) is 4. The Kier molecular flexibility index (Phi) is 45.0. The zero-order valence-corrected chi connectivity index (χ0v) is 49.6. The molecule has 0 unspecified atom stereocenters. The Morgan fingerprint density at radius 2 is 0.838 bits per heavy atom. The molecule has 15 heteroatoms. The summed E-state index contributed by atoms with van der Waals surface area (Å²) in [7, 11) is 0. The molecule has 0 radical (unpaired) electrons. The van der Waals surface area contributed by atoms with Gasteiger partial charge in [-0.3, -0.25) is 14.4 Å². The van der Waals surface area contributed by atoms with Crippen molar-refractivity contribution in [2.24, 2.45) is 0 Å². The van der Waals surface area contributed by atoms with Gasteiger partial charge in [-0.2, -0.15) is 11.8 Å². The van der Waals surface area contributed by atoms with E-state index in [1.807, 2.05) is 0 Å². The molecule has 0 aromatic carbocycles. The number of carbonyl (C=O) groups is 6. The van der Waals surface area contributed by atoms with Gasteiger partial charge in [-0.05, 0) is 60.8 Å². The van der Waals surface area contributed by atoms with Crippen molar-refractivity contribution in [1.82, 2.24) is 21.3 Å². The van der Waals surface area contributed by atoms with Crippen molar-refractivity contribution in [2.75, 3.05) is 31.2 Å². The lowest BCUT2D eigenvalue weighted by Crippen LogP contribution is -2.53. The number of thioether (sulfide) groups is 1. The number of hydrogen-bond acceptors (Lipinski definition) is 11. The van der Waals surface area contributed by atoms with Crippen LogP contribution in [0.2, 0.25) is 0 Å². The van der Waals surface area contributed by atoms with Gasteiger partial charge in [0.15, 0.2) is 0 Å². The third-order valence-corrected chi connectivity index (χ3v) is 13.8. The number of amides is 4. The lowest BCUT2D eigenvalue weighted by molar-refractivity contribution is -0.160. The average molecular weight is 1070 g/mol. The molecule has 14 nitrogen and oxygen atoms in total. The monoisotopic (exact) mass is 1070 g/mol. The molecule has 0 rings (SSSR count). The Morgan fingerprint density at radius 3 is 1.22 bits per heavy atom. The lowest BCUT2D eigenvalue weighted by Gasteiger charge is -2.26. The maximum absolute atomic E-state index is 13.7. The molecule has 74 heavy (non-hydrogen) atoms. The molecule has 0 heterocycles. The predicted molar refractivity (Wildman–Crippen MR) is 304 cm³/mol. The first-order valence-corrected chi connectivity index (χ1v) is 31.0. The van der Waals surface area contributed by atoms with E-state index in [4.69, 9.17) is 18.9 Å². The van der Waals surface area contributed by atoms with Crippen LogP contribution in [0.1, 0.15) is 281 Å². The molecule has 0 aromatic rings. The highest BCUT2D eigenvalue weighted by Crippen LogP contribution is 2.18.